The summed E-state index contributed by atoms with van der Waals surface area (Å²) in [5.41, 5.74) is 4.09. The molecule has 1 unspecified atom stereocenters. The van der Waals surface area contributed by atoms with Crippen LogP contribution in [0.1, 0.15) is 59.7 Å². The molecule has 1 aliphatic heterocycles. The second kappa shape index (κ2) is 11.9. The number of urea groups is 1. The van der Waals surface area contributed by atoms with Crippen LogP contribution >= 0.6 is 11.6 Å². The number of imidazole rings is 1. The van der Waals surface area contributed by atoms with Crippen molar-refractivity contribution < 1.29 is 14.3 Å². The number of anilines is 1. The van der Waals surface area contributed by atoms with Gasteiger partial charge in [0, 0.05) is 18.5 Å². The van der Waals surface area contributed by atoms with Crippen LogP contribution in [0.2, 0.25) is 5.15 Å². The molecular weight excluding hydrogens is 624 g/mol. The molecule has 8 rings (SSSR count). The molecule has 48 heavy (non-hydrogen) atoms. The molecular formula is C38H31ClN6O3. The number of aromatic nitrogens is 4. The lowest BCUT2D eigenvalue weighted by atomic mass is 9.75. The Morgan fingerprint density at radius 1 is 0.854 bits per heavy atom. The van der Waals surface area contributed by atoms with Crippen LogP contribution in [0.3, 0.4) is 0 Å². The van der Waals surface area contributed by atoms with Gasteiger partial charge in [0.1, 0.15) is 23.9 Å². The Labute approximate surface area is 282 Å². The van der Waals surface area contributed by atoms with Gasteiger partial charge in [0.15, 0.2) is 10.8 Å². The van der Waals surface area contributed by atoms with Gasteiger partial charge >= 0.3 is 6.03 Å². The van der Waals surface area contributed by atoms with Crippen LogP contribution in [0.25, 0.3) is 5.65 Å². The number of ether oxygens (including phenoxy) is 1. The molecule has 2 fully saturated rings. The molecule has 3 amide bonds. The average Bonchev–Trinajstić information content (AvgIpc) is 3.81. The van der Waals surface area contributed by atoms with Crippen molar-refractivity contribution in [1.29, 1.82) is 0 Å². The van der Waals surface area contributed by atoms with Gasteiger partial charge in [-0.1, -0.05) is 103 Å². The van der Waals surface area contributed by atoms with E-state index in [-0.39, 0.29) is 17.6 Å². The number of imide groups is 1. The summed E-state index contributed by atoms with van der Waals surface area (Å²) in [7, 11) is 0. The lowest BCUT2D eigenvalue weighted by Crippen LogP contribution is -2.52. The molecule has 238 valence electrons. The molecule has 10 heteroatoms. The van der Waals surface area contributed by atoms with E-state index in [0.717, 1.165) is 35.1 Å². The maximum Gasteiger partial charge on any atom is 0.333 e. The normalized spacial score (nSPS) is 15.7. The first-order valence-electron chi connectivity index (χ1n) is 15.9. The van der Waals surface area contributed by atoms with Gasteiger partial charge in [-0.3, -0.25) is 9.69 Å². The lowest BCUT2D eigenvalue weighted by molar-refractivity contribution is -0.127. The largest absolute Gasteiger partial charge is 0.483 e. The van der Waals surface area contributed by atoms with Gasteiger partial charge in [-0.05, 0) is 54.0 Å². The molecule has 2 aliphatic rings. The van der Waals surface area contributed by atoms with Crippen LogP contribution in [0.4, 0.5) is 10.5 Å². The smallest absolute Gasteiger partial charge is 0.333 e. The van der Waals surface area contributed by atoms with E-state index in [1.807, 2.05) is 115 Å². The number of carbonyl (C=O) groups is 2. The number of pyridine rings is 1. The minimum absolute atomic E-state index is 0.133. The predicted octanol–water partition coefficient (Wildman–Crippen LogP) is 7.56. The van der Waals surface area contributed by atoms with Crippen molar-refractivity contribution in [1.82, 2.24) is 24.5 Å². The van der Waals surface area contributed by atoms with Crippen molar-refractivity contribution in [2.24, 2.45) is 0 Å². The van der Waals surface area contributed by atoms with Crippen LogP contribution in [0, 0.1) is 0 Å². The molecule has 1 atom stereocenters. The number of hydrogen-bond acceptors (Lipinski definition) is 6. The number of amides is 3. The van der Waals surface area contributed by atoms with Crippen molar-refractivity contribution in [2.45, 2.75) is 37.3 Å². The fraction of sp³-hybridized carbons (Fsp3) is 0.184. The first-order chi connectivity index (χ1) is 23.4. The Hall–Kier alpha value is -5.54. The second-order valence-electron chi connectivity index (χ2n) is 12.2. The van der Waals surface area contributed by atoms with Gasteiger partial charge in [-0.2, -0.15) is 5.10 Å². The predicted molar refractivity (Wildman–Crippen MR) is 182 cm³/mol. The zero-order valence-electron chi connectivity index (χ0n) is 26.1. The van der Waals surface area contributed by atoms with Crippen molar-refractivity contribution in [3.8, 4) is 5.75 Å². The number of fused-ring (bicyclic) bond motifs is 1. The monoisotopic (exact) mass is 654 g/mol. The molecule has 0 N–H and O–H groups in total. The van der Waals surface area contributed by atoms with Crippen LogP contribution in [0.5, 0.6) is 5.75 Å². The SMILES string of the molecule is CC(Oc1cnnc(Cl)c1)c1cn2cc(C3CC3)cc(N3CC(=O)N(C(c4ccccc4)(c4ccccc4)c4ccccc4)C3=O)c2n1. The van der Waals surface area contributed by atoms with E-state index in [2.05, 4.69) is 16.4 Å². The Bertz CT molecular complexity index is 2040. The number of nitrogens with zero attached hydrogens (tertiary/aromatic N) is 6. The summed E-state index contributed by atoms with van der Waals surface area (Å²) in [6.07, 6.45) is 7.15. The Morgan fingerprint density at radius 2 is 1.46 bits per heavy atom. The summed E-state index contributed by atoms with van der Waals surface area (Å²) in [6.45, 7) is 1.75. The van der Waals surface area contributed by atoms with Crippen molar-refractivity contribution in [3.05, 3.63) is 155 Å². The number of rotatable bonds is 9. The molecule has 1 saturated heterocycles. The first kappa shape index (κ1) is 29.8. The average molecular weight is 655 g/mol. The quantitative estimate of drug-likeness (QED) is 0.118. The third-order valence-electron chi connectivity index (χ3n) is 9.12. The number of hydrogen-bond donors (Lipinski definition) is 0. The van der Waals surface area contributed by atoms with Gasteiger partial charge in [0.25, 0.3) is 5.91 Å². The highest BCUT2D eigenvalue weighted by Crippen LogP contribution is 2.47. The van der Waals surface area contributed by atoms with Gasteiger partial charge in [-0.15, -0.1) is 5.10 Å². The van der Waals surface area contributed by atoms with Crippen LogP contribution < -0.4 is 9.64 Å². The van der Waals surface area contributed by atoms with Crippen molar-refractivity contribution in [3.63, 3.8) is 0 Å². The van der Waals surface area contributed by atoms with E-state index in [0.29, 0.717) is 28.7 Å². The Kier molecular flexibility index (Phi) is 7.41. The van der Waals surface area contributed by atoms with E-state index in [4.69, 9.17) is 21.3 Å². The minimum Gasteiger partial charge on any atom is -0.483 e. The highest BCUT2D eigenvalue weighted by Gasteiger charge is 2.53. The van der Waals surface area contributed by atoms with E-state index >= 15 is 0 Å². The van der Waals surface area contributed by atoms with Crippen molar-refractivity contribution in [2.75, 3.05) is 11.4 Å². The molecule has 3 aromatic heterocycles. The minimum atomic E-state index is -1.22. The standard InChI is InChI=1S/C38H31ClN6O3/c1-25(48-31-20-34(39)42-40-21-31)32-23-43-22-27(26-17-18-26)19-33(36(43)41-32)44-24-35(46)45(37(44)47)38(28-11-5-2-6-12-28,29-13-7-3-8-14-29)30-15-9-4-10-16-30/h2-16,19-23,25-26H,17-18,24H2,1H3. The van der Waals surface area contributed by atoms with Crippen LogP contribution in [-0.4, -0.2) is 43.0 Å². The molecule has 9 nitrogen and oxygen atoms in total. The fourth-order valence-electron chi connectivity index (χ4n) is 6.75. The maximum absolute atomic E-state index is 15.0. The maximum atomic E-state index is 15.0. The van der Waals surface area contributed by atoms with E-state index in [1.165, 1.54) is 11.1 Å². The van der Waals surface area contributed by atoms with E-state index in [1.54, 1.807) is 11.0 Å². The van der Waals surface area contributed by atoms with Crippen LogP contribution in [0.15, 0.2) is 122 Å². The van der Waals surface area contributed by atoms with Gasteiger partial charge in [-0.25, -0.2) is 14.7 Å². The van der Waals surface area contributed by atoms with Gasteiger partial charge in [0.05, 0.1) is 17.6 Å². The van der Waals surface area contributed by atoms with Crippen LogP contribution in [-0.2, 0) is 10.3 Å². The summed E-state index contributed by atoms with van der Waals surface area (Å²) in [5, 5.41) is 7.88. The highest BCUT2D eigenvalue weighted by molar-refractivity contribution is 6.29. The summed E-state index contributed by atoms with van der Waals surface area (Å²) in [6, 6.07) is 32.5. The third kappa shape index (κ3) is 5.07. The second-order valence-corrected chi connectivity index (χ2v) is 12.6. The molecule has 1 saturated carbocycles. The zero-order chi connectivity index (χ0) is 32.8. The third-order valence-corrected chi connectivity index (χ3v) is 9.30. The molecule has 6 aromatic rings. The molecule has 1 aliphatic carbocycles. The number of carbonyl (C=O) groups excluding carboxylic acids is 2. The first-order valence-corrected chi connectivity index (χ1v) is 16.3. The fourth-order valence-corrected chi connectivity index (χ4v) is 6.90. The molecule has 0 bridgehead atoms. The van der Waals surface area contributed by atoms with Gasteiger partial charge in [0.2, 0.25) is 0 Å². The summed E-state index contributed by atoms with van der Waals surface area (Å²) >= 11 is 6.03. The molecule has 0 radical (unpaired) electrons. The van der Waals surface area contributed by atoms with E-state index < -0.39 is 17.7 Å². The Morgan fingerprint density at radius 3 is 2.02 bits per heavy atom. The van der Waals surface area contributed by atoms with Crippen molar-refractivity contribution >= 4 is 34.9 Å². The number of benzene rings is 3. The highest BCUT2D eigenvalue weighted by atomic mass is 35.5. The zero-order valence-corrected chi connectivity index (χ0v) is 26.9. The van der Waals surface area contributed by atoms with E-state index in [9.17, 15) is 9.59 Å². The Balaban J connectivity index is 1.26. The van der Waals surface area contributed by atoms with Gasteiger partial charge < -0.3 is 9.14 Å². The molecule has 4 heterocycles. The topological polar surface area (TPSA) is 92.9 Å². The summed E-state index contributed by atoms with van der Waals surface area (Å²) < 4.78 is 8.05. The summed E-state index contributed by atoms with van der Waals surface area (Å²) in [4.78, 5) is 37.4. The summed E-state index contributed by atoms with van der Waals surface area (Å²) in [5.74, 6) is 0.546. The number of halogens is 1. The molecule has 0 spiro atoms. The molecule has 3 aromatic carbocycles. The lowest BCUT2D eigenvalue weighted by Gasteiger charge is -2.42.